The fourth-order valence-electron chi connectivity index (χ4n) is 4.22. The number of furan rings is 2. The topological polar surface area (TPSA) is 107 Å². The quantitative estimate of drug-likeness (QED) is 0.141. The minimum absolute atomic E-state index is 0.202. The smallest absolute Gasteiger partial charge is 0.342 e. The number of fused-ring (bicyclic) bond motifs is 2. The highest BCUT2D eigenvalue weighted by Crippen LogP contribution is 2.37. The largest absolute Gasteiger partial charge is 0.465 e. The van der Waals surface area contributed by atoms with Crippen molar-refractivity contribution in [2.75, 3.05) is 14.2 Å². The lowest BCUT2D eigenvalue weighted by molar-refractivity contribution is 0.0603. The van der Waals surface area contributed by atoms with Crippen LogP contribution >= 0.6 is 55.1 Å². The third-order valence-corrected chi connectivity index (χ3v) is 8.48. The maximum atomic E-state index is 13.1. The van der Waals surface area contributed by atoms with Crippen molar-refractivity contribution >= 4 is 89.1 Å². The van der Waals surface area contributed by atoms with Gasteiger partial charge in [-0.25, -0.2) is 13.6 Å². The molecule has 6 rings (SSSR count). The molecule has 6 aromatic rings. The number of hydrogen-bond acceptors (Lipinski definition) is 7. The molecule has 8 nitrogen and oxygen atoms in total. The van der Waals surface area contributed by atoms with Crippen molar-refractivity contribution in [2.45, 2.75) is 0 Å². The van der Waals surface area contributed by atoms with Gasteiger partial charge in [-0.1, -0.05) is 23.2 Å². The molecule has 14 heteroatoms. The number of benzene rings is 2. The van der Waals surface area contributed by atoms with E-state index < -0.39 is 5.97 Å². The molecule has 0 saturated carbocycles. The van der Waals surface area contributed by atoms with E-state index in [1.807, 2.05) is 0 Å². The molecule has 1 amide bonds. The lowest BCUT2D eigenvalue weighted by atomic mass is 10.1. The Balaban J connectivity index is 0.000000175. The highest BCUT2D eigenvalue weighted by molar-refractivity contribution is 9.10. The van der Waals surface area contributed by atoms with Crippen LogP contribution in [0.25, 0.3) is 44.8 Å². The summed E-state index contributed by atoms with van der Waals surface area (Å²) in [7, 11) is 2.79. The summed E-state index contributed by atoms with van der Waals surface area (Å²) in [6, 6.07) is 14.6. The van der Waals surface area contributed by atoms with E-state index in [1.165, 1.54) is 62.7 Å². The molecule has 0 bridgehead atoms. The van der Waals surface area contributed by atoms with Crippen molar-refractivity contribution in [2.24, 2.45) is 0 Å². The number of nitrogens with one attached hydrogen (secondary N) is 1. The van der Waals surface area contributed by atoms with Crippen LogP contribution in [0, 0.1) is 11.6 Å². The van der Waals surface area contributed by atoms with Gasteiger partial charge in [0.2, 0.25) is 11.4 Å². The maximum absolute atomic E-state index is 13.1. The average molecular weight is 768 g/mol. The van der Waals surface area contributed by atoms with Gasteiger partial charge in [0.05, 0.1) is 32.4 Å². The van der Waals surface area contributed by atoms with Crippen molar-refractivity contribution in [3.05, 3.63) is 103 Å². The number of carbonyl (C=O) groups is 2. The van der Waals surface area contributed by atoms with Gasteiger partial charge < -0.3 is 18.9 Å². The second kappa shape index (κ2) is 13.0. The Morgan fingerprint density at radius 3 is 1.59 bits per heavy atom. The molecular formula is C30H17Br2Cl2F2N3O5. The fraction of sp³-hybridized carbons (Fsp3) is 0.0667. The van der Waals surface area contributed by atoms with E-state index in [0.29, 0.717) is 42.2 Å². The molecular weight excluding hydrogens is 751 g/mol. The van der Waals surface area contributed by atoms with Crippen LogP contribution in [0.2, 0.25) is 10.3 Å². The lowest BCUT2D eigenvalue weighted by Gasteiger charge is -2.02. The molecule has 0 radical (unpaired) electrons. The highest BCUT2D eigenvalue weighted by Gasteiger charge is 2.25. The monoisotopic (exact) mass is 765 g/mol. The van der Waals surface area contributed by atoms with E-state index in [1.54, 1.807) is 12.1 Å². The van der Waals surface area contributed by atoms with Gasteiger partial charge in [-0.3, -0.25) is 4.79 Å². The SMILES string of the molecule is CNC(=O)c1c(-c2ccc(F)cc2)oc2nc(Cl)c(Br)cc12.COC(=O)c1c(-c2ccc(F)cc2)oc2nc(Cl)c(Br)cc12. The summed E-state index contributed by atoms with van der Waals surface area (Å²) in [5, 5.41) is 3.99. The molecule has 224 valence electrons. The Hall–Kier alpha value is -3.84. The number of methoxy groups -OCH3 is 1. The van der Waals surface area contributed by atoms with Crippen LogP contribution in [0.15, 0.2) is 78.4 Å². The zero-order valence-electron chi connectivity index (χ0n) is 22.5. The summed E-state index contributed by atoms with van der Waals surface area (Å²) in [6.45, 7) is 0. The molecule has 0 spiro atoms. The highest BCUT2D eigenvalue weighted by atomic mass is 79.9. The first-order valence-electron chi connectivity index (χ1n) is 12.4. The third kappa shape index (κ3) is 6.20. The van der Waals surface area contributed by atoms with E-state index in [0.717, 1.165) is 0 Å². The molecule has 0 atom stereocenters. The number of nitrogens with zero attached hydrogens (tertiary/aromatic N) is 2. The van der Waals surface area contributed by atoms with Crippen LogP contribution in [-0.2, 0) is 4.74 Å². The lowest BCUT2D eigenvalue weighted by Crippen LogP contribution is -2.18. The fourth-order valence-corrected chi connectivity index (χ4v) is 5.12. The van der Waals surface area contributed by atoms with Gasteiger partial charge in [-0.2, -0.15) is 9.97 Å². The van der Waals surface area contributed by atoms with Crippen molar-refractivity contribution in [1.29, 1.82) is 0 Å². The molecule has 0 fully saturated rings. The Bertz CT molecular complexity index is 1900. The van der Waals surface area contributed by atoms with Crippen LogP contribution in [-0.4, -0.2) is 36.0 Å². The number of amides is 1. The van der Waals surface area contributed by atoms with Crippen LogP contribution < -0.4 is 5.32 Å². The summed E-state index contributed by atoms with van der Waals surface area (Å²) >= 11 is 18.4. The van der Waals surface area contributed by atoms with Gasteiger partial charge in [-0.15, -0.1) is 0 Å². The van der Waals surface area contributed by atoms with E-state index >= 15 is 0 Å². The van der Waals surface area contributed by atoms with Crippen molar-refractivity contribution in [3.8, 4) is 22.6 Å². The van der Waals surface area contributed by atoms with Gasteiger partial charge in [0.1, 0.15) is 33.3 Å². The molecule has 4 heterocycles. The molecule has 0 unspecified atom stereocenters. The number of halogens is 6. The van der Waals surface area contributed by atoms with E-state index in [9.17, 15) is 18.4 Å². The normalized spacial score (nSPS) is 10.9. The molecule has 2 aromatic carbocycles. The predicted molar refractivity (Wildman–Crippen MR) is 169 cm³/mol. The summed E-state index contributed by atoms with van der Waals surface area (Å²) in [5.74, 6) is -1.09. The maximum Gasteiger partial charge on any atom is 0.342 e. The zero-order valence-corrected chi connectivity index (χ0v) is 27.2. The number of ether oxygens (including phenoxy) is 1. The Kier molecular flexibility index (Phi) is 9.35. The summed E-state index contributed by atoms with van der Waals surface area (Å²) < 4.78 is 43.4. The second-order valence-corrected chi connectivity index (χ2v) is 11.3. The van der Waals surface area contributed by atoms with Gasteiger partial charge in [0.15, 0.2) is 5.76 Å². The van der Waals surface area contributed by atoms with E-state index in [4.69, 9.17) is 36.8 Å². The first-order chi connectivity index (χ1) is 21.0. The molecule has 0 aliphatic carbocycles. The Morgan fingerprint density at radius 2 is 1.18 bits per heavy atom. The van der Waals surface area contributed by atoms with Crippen LogP contribution in [0.4, 0.5) is 8.78 Å². The first-order valence-corrected chi connectivity index (χ1v) is 14.8. The molecule has 4 aromatic heterocycles. The second-order valence-electron chi connectivity index (χ2n) is 8.92. The molecule has 0 aliphatic rings. The summed E-state index contributed by atoms with van der Waals surface area (Å²) in [4.78, 5) is 32.5. The van der Waals surface area contributed by atoms with Crippen LogP contribution in [0.3, 0.4) is 0 Å². The minimum Gasteiger partial charge on any atom is -0.465 e. The number of hydrogen-bond donors (Lipinski definition) is 1. The summed E-state index contributed by atoms with van der Waals surface area (Å²) in [5.41, 5.74) is 2.10. The number of esters is 1. The molecule has 44 heavy (non-hydrogen) atoms. The molecule has 0 saturated heterocycles. The minimum atomic E-state index is -0.575. The van der Waals surface area contributed by atoms with E-state index in [-0.39, 0.29) is 50.6 Å². The Labute approximate surface area is 274 Å². The molecule has 1 N–H and O–H groups in total. The number of pyridine rings is 2. The van der Waals surface area contributed by atoms with Crippen LogP contribution in [0.1, 0.15) is 20.7 Å². The number of rotatable bonds is 4. The zero-order chi connectivity index (χ0) is 31.7. The van der Waals surface area contributed by atoms with Gasteiger partial charge in [-0.05, 0) is 92.5 Å². The van der Waals surface area contributed by atoms with Crippen molar-refractivity contribution in [1.82, 2.24) is 15.3 Å². The van der Waals surface area contributed by atoms with Crippen molar-refractivity contribution < 1.29 is 31.9 Å². The predicted octanol–water partition coefficient (Wildman–Crippen LogP) is 9.25. The van der Waals surface area contributed by atoms with Crippen molar-refractivity contribution in [3.63, 3.8) is 0 Å². The average Bonchev–Trinajstić information content (AvgIpc) is 3.56. The van der Waals surface area contributed by atoms with Gasteiger partial charge in [0.25, 0.3) is 5.91 Å². The van der Waals surface area contributed by atoms with Gasteiger partial charge >= 0.3 is 5.97 Å². The standard InChI is InChI=1S/C15H9BrClFN2O2.C15H8BrClFNO3/c1-19-14(21)11-9-6-10(16)13(17)20-15(9)22-12(11)7-2-4-8(18)5-3-7;1-21-15(20)11-9-6-10(16)13(17)19-14(9)22-12(11)7-2-4-8(18)5-3-7/h2-6H,1H3,(H,19,21);2-6H,1H3. The Morgan fingerprint density at radius 1 is 0.773 bits per heavy atom. The van der Waals surface area contributed by atoms with Crippen LogP contribution in [0.5, 0.6) is 0 Å². The number of carbonyl (C=O) groups excluding carboxylic acids is 2. The third-order valence-electron chi connectivity index (χ3n) is 6.24. The van der Waals surface area contributed by atoms with Gasteiger partial charge in [0, 0.05) is 18.2 Å². The van der Waals surface area contributed by atoms with E-state index in [2.05, 4.69) is 47.1 Å². The first kappa shape index (κ1) is 31.6. The summed E-state index contributed by atoms with van der Waals surface area (Å²) in [6.07, 6.45) is 0. The molecule has 0 aliphatic heterocycles. The number of aromatic nitrogens is 2.